The lowest BCUT2D eigenvalue weighted by Crippen LogP contribution is -2.14. The number of hydrogen-bond donors (Lipinski definition) is 0. The number of unbranched alkanes of at least 4 members (excludes halogenated alkanes) is 2. The summed E-state index contributed by atoms with van der Waals surface area (Å²) < 4.78 is 0. The van der Waals surface area contributed by atoms with Gasteiger partial charge in [-0.2, -0.15) is 0 Å². The molecule has 1 saturated carbocycles. The maximum Gasteiger partial charge on any atom is 0.0434 e. The summed E-state index contributed by atoms with van der Waals surface area (Å²) in [6, 6.07) is 4.49. The van der Waals surface area contributed by atoms with Crippen molar-refractivity contribution in [1.29, 1.82) is 0 Å². The summed E-state index contributed by atoms with van der Waals surface area (Å²) in [6.07, 6.45) is 18.5. The van der Waals surface area contributed by atoms with E-state index < -0.39 is 0 Å². The fraction of sp³-hybridized carbons (Fsp3) is 0.650. The van der Waals surface area contributed by atoms with Gasteiger partial charge < -0.3 is 0 Å². The molecule has 0 spiro atoms. The van der Waals surface area contributed by atoms with Crippen molar-refractivity contribution >= 4 is 6.08 Å². The highest BCUT2D eigenvalue weighted by Gasteiger charge is 2.22. The fourth-order valence-electron chi connectivity index (χ4n) is 3.38. The molecule has 1 heterocycles. The van der Waals surface area contributed by atoms with E-state index in [0.717, 1.165) is 12.3 Å². The second kappa shape index (κ2) is 9.02. The van der Waals surface area contributed by atoms with Crippen LogP contribution in [0.25, 0.3) is 6.08 Å². The van der Waals surface area contributed by atoms with Gasteiger partial charge in [0.25, 0.3) is 0 Å². The monoisotopic (exact) mass is 285 g/mol. The smallest absolute Gasteiger partial charge is 0.0434 e. The van der Waals surface area contributed by atoms with Crippen LogP contribution in [-0.2, 0) is 0 Å². The third-order valence-electron chi connectivity index (χ3n) is 4.81. The summed E-state index contributed by atoms with van der Waals surface area (Å²) in [5, 5.41) is 0. The van der Waals surface area contributed by atoms with Crippen LogP contribution in [0.15, 0.2) is 24.4 Å². The number of hydrogen-bond acceptors (Lipinski definition) is 1. The SMILES string of the molecule is CCC/C=C/c1ccc(C2CCC(CCCC)CC2)nc1. The summed E-state index contributed by atoms with van der Waals surface area (Å²) in [5.74, 6) is 1.69. The fourth-order valence-corrected chi connectivity index (χ4v) is 3.38. The molecular formula is C20H31N. The zero-order valence-electron chi connectivity index (χ0n) is 13.9. The van der Waals surface area contributed by atoms with E-state index >= 15 is 0 Å². The Balaban J connectivity index is 1.83. The maximum atomic E-state index is 4.72. The molecule has 0 N–H and O–H groups in total. The summed E-state index contributed by atoms with van der Waals surface area (Å²) in [6.45, 7) is 4.51. The van der Waals surface area contributed by atoms with E-state index in [0.29, 0.717) is 5.92 Å². The second-order valence-electron chi connectivity index (χ2n) is 6.57. The van der Waals surface area contributed by atoms with Crippen molar-refractivity contribution in [3.8, 4) is 0 Å². The topological polar surface area (TPSA) is 12.9 Å². The van der Waals surface area contributed by atoms with Crippen molar-refractivity contribution in [1.82, 2.24) is 4.98 Å². The molecule has 0 aromatic carbocycles. The zero-order valence-corrected chi connectivity index (χ0v) is 13.9. The van der Waals surface area contributed by atoms with Crippen LogP contribution in [0, 0.1) is 5.92 Å². The summed E-state index contributed by atoms with van der Waals surface area (Å²) in [4.78, 5) is 4.72. The first-order chi connectivity index (χ1) is 10.3. The average Bonchev–Trinajstić information content (AvgIpc) is 2.54. The third-order valence-corrected chi connectivity index (χ3v) is 4.81. The molecule has 1 aliphatic carbocycles. The molecule has 1 aromatic rings. The average molecular weight is 285 g/mol. The minimum atomic E-state index is 0.705. The van der Waals surface area contributed by atoms with Crippen LogP contribution in [0.5, 0.6) is 0 Å². The number of rotatable bonds is 7. The highest BCUT2D eigenvalue weighted by Crippen LogP contribution is 2.36. The molecule has 0 saturated heterocycles. The number of allylic oxidation sites excluding steroid dienone is 1. The summed E-state index contributed by atoms with van der Waals surface area (Å²) in [5.41, 5.74) is 2.56. The minimum absolute atomic E-state index is 0.705. The maximum absolute atomic E-state index is 4.72. The predicted molar refractivity (Wildman–Crippen MR) is 92.4 cm³/mol. The van der Waals surface area contributed by atoms with Gasteiger partial charge in [0.2, 0.25) is 0 Å². The molecule has 0 unspecified atom stereocenters. The van der Waals surface area contributed by atoms with Crippen LogP contribution < -0.4 is 0 Å². The van der Waals surface area contributed by atoms with Gasteiger partial charge in [-0.3, -0.25) is 4.98 Å². The van der Waals surface area contributed by atoms with Gasteiger partial charge in [0.1, 0.15) is 0 Å². The lowest BCUT2D eigenvalue weighted by molar-refractivity contribution is 0.301. The zero-order chi connectivity index (χ0) is 14.9. The molecule has 1 nitrogen and oxygen atoms in total. The molecular weight excluding hydrogens is 254 g/mol. The number of nitrogens with zero attached hydrogens (tertiary/aromatic N) is 1. The van der Waals surface area contributed by atoms with Gasteiger partial charge >= 0.3 is 0 Å². The van der Waals surface area contributed by atoms with Crippen molar-refractivity contribution in [2.45, 2.75) is 77.6 Å². The van der Waals surface area contributed by atoms with E-state index in [2.05, 4.69) is 38.1 Å². The molecule has 2 rings (SSSR count). The third kappa shape index (κ3) is 5.30. The highest BCUT2D eigenvalue weighted by atomic mass is 14.7. The van der Waals surface area contributed by atoms with Crippen molar-refractivity contribution < 1.29 is 0 Å². The molecule has 0 amide bonds. The van der Waals surface area contributed by atoms with Gasteiger partial charge in [0, 0.05) is 17.8 Å². The second-order valence-corrected chi connectivity index (χ2v) is 6.57. The van der Waals surface area contributed by atoms with Crippen LogP contribution in [0.3, 0.4) is 0 Å². The van der Waals surface area contributed by atoms with Crippen LogP contribution in [0.4, 0.5) is 0 Å². The molecule has 116 valence electrons. The molecule has 0 bridgehead atoms. The van der Waals surface area contributed by atoms with Crippen molar-refractivity contribution in [2.24, 2.45) is 5.92 Å². The predicted octanol–water partition coefficient (Wildman–Crippen LogP) is 6.36. The Morgan fingerprint density at radius 1 is 1.10 bits per heavy atom. The molecule has 0 radical (unpaired) electrons. The van der Waals surface area contributed by atoms with E-state index in [1.54, 1.807) is 0 Å². The van der Waals surface area contributed by atoms with Crippen LogP contribution in [0.2, 0.25) is 0 Å². The quantitative estimate of drug-likeness (QED) is 0.568. The van der Waals surface area contributed by atoms with Gasteiger partial charge in [-0.15, -0.1) is 0 Å². The lowest BCUT2D eigenvalue weighted by Gasteiger charge is -2.28. The summed E-state index contributed by atoms with van der Waals surface area (Å²) >= 11 is 0. The first-order valence-electron chi connectivity index (χ1n) is 8.96. The van der Waals surface area contributed by atoms with Crippen LogP contribution in [0.1, 0.15) is 88.8 Å². The van der Waals surface area contributed by atoms with E-state index in [9.17, 15) is 0 Å². The largest absolute Gasteiger partial charge is 0.260 e. The first-order valence-corrected chi connectivity index (χ1v) is 8.96. The lowest BCUT2D eigenvalue weighted by atomic mass is 9.78. The van der Waals surface area contributed by atoms with E-state index in [4.69, 9.17) is 4.98 Å². The Morgan fingerprint density at radius 2 is 1.90 bits per heavy atom. The van der Waals surface area contributed by atoms with Gasteiger partial charge in [0.15, 0.2) is 0 Å². The molecule has 0 aliphatic heterocycles. The van der Waals surface area contributed by atoms with E-state index in [-0.39, 0.29) is 0 Å². The van der Waals surface area contributed by atoms with Crippen LogP contribution >= 0.6 is 0 Å². The number of pyridine rings is 1. The Kier molecular flexibility index (Phi) is 6.99. The molecule has 1 aromatic heterocycles. The summed E-state index contributed by atoms with van der Waals surface area (Å²) in [7, 11) is 0. The molecule has 1 fully saturated rings. The van der Waals surface area contributed by atoms with Crippen molar-refractivity contribution in [3.63, 3.8) is 0 Å². The highest BCUT2D eigenvalue weighted by molar-refractivity contribution is 5.47. The number of aromatic nitrogens is 1. The molecule has 1 heteroatoms. The first kappa shape index (κ1) is 16.3. The van der Waals surface area contributed by atoms with Gasteiger partial charge in [-0.05, 0) is 49.7 Å². The Labute approximate surface area is 130 Å². The molecule has 1 aliphatic rings. The Morgan fingerprint density at radius 3 is 2.52 bits per heavy atom. The normalized spacial score (nSPS) is 22.8. The molecule has 0 atom stereocenters. The standard InChI is InChI=1S/C20H31N/c1-3-5-7-9-18-12-15-20(21-16-18)19-13-10-17(11-14-19)8-6-4-2/h7,9,12,15-17,19H,3-6,8,10-11,13-14H2,1-2H3/b9-7+. The molecule has 21 heavy (non-hydrogen) atoms. The van der Waals surface area contributed by atoms with E-state index in [1.165, 1.54) is 62.6 Å². The van der Waals surface area contributed by atoms with E-state index in [1.807, 2.05) is 6.20 Å². The minimum Gasteiger partial charge on any atom is -0.260 e. The van der Waals surface area contributed by atoms with Gasteiger partial charge in [0.05, 0.1) is 0 Å². The van der Waals surface area contributed by atoms with Crippen molar-refractivity contribution in [3.05, 3.63) is 35.7 Å². The van der Waals surface area contributed by atoms with Gasteiger partial charge in [-0.1, -0.05) is 57.7 Å². The van der Waals surface area contributed by atoms with Gasteiger partial charge in [-0.25, -0.2) is 0 Å². The Bertz CT molecular complexity index is 410. The van der Waals surface area contributed by atoms with Crippen molar-refractivity contribution in [2.75, 3.05) is 0 Å². The van der Waals surface area contributed by atoms with Crippen LogP contribution in [-0.4, -0.2) is 4.98 Å². The Hall–Kier alpha value is -1.11.